The number of guanidine groups is 1. The zero-order valence-corrected chi connectivity index (χ0v) is 19.4. The fourth-order valence-corrected chi connectivity index (χ4v) is 3.01. The SMILES string of the molecule is CCNC(=NCCOc1ncccc1C(F)(F)F)N1CCN(c2ncccn2)CC1.I. The molecule has 8 nitrogen and oxygen atoms in total. The lowest BCUT2D eigenvalue weighted by Crippen LogP contribution is -2.53. The van der Waals surface area contributed by atoms with Gasteiger partial charge in [-0.2, -0.15) is 13.2 Å². The number of aliphatic imine (C=N–C) groups is 1. The van der Waals surface area contributed by atoms with E-state index in [0.29, 0.717) is 18.5 Å². The van der Waals surface area contributed by atoms with Crippen LogP contribution in [0.1, 0.15) is 12.5 Å². The Balaban J connectivity index is 0.00000341. The lowest BCUT2D eigenvalue weighted by atomic mass is 10.2. The number of pyridine rings is 1. The van der Waals surface area contributed by atoms with Crippen LogP contribution in [-0.4, -0.2) is 71.7 Å². The number of nitrogens with zero attached hydrogens (tertiary/aromatic N) is 6. The molecule has 1 aliphatic rings. The molecule has 2 aromatic heterocycles. The molecule has 0 amide bonds. The number of nitrogens with one attached hydrogen (secondary N) is 1. The molecule has 0 radical (unpaired) electrons. The molecular weight excluding hydrogens is 526 g/mol. The van der Waals surface area contributed by atoms with Gasteiger partial charge >= 0.3 is 6.18 Å². The van der Waals surface area contributed by atoms with Crippen LogP contribution in [0.2, 0.25) is 0 Å². The Labute approximate surface area is 196 Å². The highest BCUT2D eigenvalue weighted by Gasteiger charge is 2.35. The fraction of sp³-hybridized carbons (Fsp3) is 0.474. The summed E-state index contributed by atoms with van der Waals surface area (Å²) in [6, 6.07) is 3.96. The first-order chi connectivity index (χ1) is 14.5. The summed E-state index contributed by atoms with van der Waals surface area (Å²) < 4.78 is 44.3. The van der Waals surface area contributed by atoms with Gasteiger partial charge < -0.3 is 19.9 Å². The van der Waals surface area contributed by atoms with Crippen LogP contribution in [0, 0.1) is 0 Å². The molecule has 0 spiro atoms. The van der Waals surface area contributed by atoms with Crippen molar-refractivity contribution in [2.24, 2.45) is 4.99 Å². The highest BCUT2D eigenvalue weighted by Crippen LogP contribution is 2.34. The molecule has 1 N–H and O–H groups in total. The van der Waals surface area contributed by atoms with E-state index in [9.17, 15) is 13.2 Å². The molecule has 31 heavy (non-hydrogen) atoms. The van der Waals surface area contributed by atoms with Gasteiger partial charge in [-0.05, 0) is 25.1 Å². The van der Waals surface area contributed by atoms with Gasteiger partial charge in [-0.3, -0.25) is 0 Å². The standard InChI is InChI=1S/C19H24F3N7O.HI/c1-2-23-17(28-10-12-29(13-11-28)18-25-7-4-8-26-18)27-9-14-30-16-15(19(20,21)22)5-3-6-24-16;/h3-8H,2,9-14H2,1H3,(H,23,27);1H. The largest absolute Gasteiger partial charge is 0.475 e. The molecular formula is C19H25F3IN7O. The van der Waals surface area contributed by atoms with E-state index >= 15 is 0 Å². The molecule has 0 atom stereocenters. The van der Waals surface area contributed by atoms with Crippen molar-refractivity contribution in [3.63, 3.8) is 0 Å². The Kier molecular flexibility index (Phi) is 9.52. The van der Waals surface area contributed by atoms with E-state index in [-0.39, 0.29) is 37.1 Å². The van der Waals surface area contributed by atoms with E-state index < -0.39 is 17.6 Å². The fourth-order valence-electron chi connectivity index (χ4n) is 3.01. The predicted octanol–water partition coefficient (Wildman–Crippen LogP) is 2.67. The Morgan fingerprint density at radius 3 is 2.42 bits per heavy atom. The highest BCUT2D eigenvalue weighted by atomic mass is 127. The van der Waals surface area contributed by atoms with Gasteiger partial charge in [-0.15, -0.1) is 24.0 Å². The molecule has 1 fully saturated rings. The van der Waals surface area contributed by atoms with Crippen molar-refractivity contribution in [1.29, 1.82) is 0 Å². The topological polar surface area (TPSA) is 78.8 Å². The molecule has 0 unspecified atom stereocenters. The molecule has 0 aliphatic carbocycles. The zero-order valence-electron chi connectivity index (χ0n) is 17.0. The van der Waals surface area contributed by atoms with Crippen molar-refractivity contribution >= 4 is 35.9 Å². The monoisotopic (exact) mass is 551 g/mol. The molecule has 0 aromatic carbocycles. The molecule has 3 heterocycles. The first-order valence-electron chi connectivity index (χ1n) is 9.69. The second kappa shape index (κ2) is 11.9. The van der Waals surface area contributed by atoms with Gasteiger partial charge in [0, 0.05) is 51.3 Å². The Hall–Kier alpha value is -2.38. The number of halogens is 4. The average Bonchev–Trinajstić information content (AvgIpc) is 2.76. The smallest absolute Gasteiger partial charge is 0.421 e. The maximum Gasteiger partial charge on any atom is 0.421 e. The van der Waals surface area contributed by atoms with E-state index in [1.807, 2.05) is 6.92 Å². The van der Waals surface area contributed by atoms with Crippen LogP contribution in [0.4, 0.5) is 19.1 Å². The van der Waals surface area contributed by atoms with Gasteiger partial charge in [0.2, 0.25) is 11.8 Å². The lowest BCUT2D eigenvalue weighted by Gasteiger charge is -2.36. The van der Waals surface area contributed by atoms with Crippen molar-refractivity contribution in [1.82, 2.24) is 25.2 Å². The molecule has 3 rings (SSSR count). The van der Waals surface area contributed by atoms with Crippen LogP contribution < -0.4 is 15.0 Å². The summed E-state index contributed by atoms with van der Waals surface area (Å²) in [5, 5.41) is 3.22. The van der Waals surface area contributed by atoms with E-state index in [0.717, 1.165) is 32.2 Å². The first kappa shape index (κ1) is 24.9. The molecule has 12 heteroatoms. The summed E-state index contributed by atoms with van der Waals surface area (Å²) in [5.41, 5.74) is -0.889. The summed E-state index contributed by atoms with van der Waals surface area (Å²) in [7, 11) is 0. The maximum absolute atomic E-state index is 13.0. The van der Waals surface area contributed by atoms with Crippen molar-refractivity contribution < 1.29 is 17.9 Å². The van der Waals surface area contributed by atoms with Gasteiger partial charge in [0.1, 0.15) is 12.2 Å². The van der Waals surface area contributed by atoms with Gasteiger partial charge in [-0.25, -0.2) is 19.9 Å². The van der Waals surface area contributed by atoms with Crippen molar-refractivity contribution in [3.8, 4) is 5.88 Å². The van der Waals surface area contributed by atoms with Crippen LogP contribution >= 0.6 is 24.0 Å². The third-order valence-corrected chi connectivity index (χ3v) is 4.42. The Morgan fingerprint density at radius 1 is 1.10 bits per heavy atom. The molecule has 0 bridgehead atoms. The maximum atomic E-state index is 13.0. The number of hydrogen-bond acceptors (Lipinski definition) is 6. The van der Waals surface area contributed by atoms with Gasteiger partial charge in [-0.1, -0.05) is 0 Å². The third kappa shape index (κ3) is 7.08. The van der Waals surface area contributed by atoms with Crippen LogP contribution in [-0.2, 0) is 6.18 Å². The summed E-state index contributed by atoms with van der Waals surface area (Å²) in [5.74, 6) is 0.969. The minimum Gasteiger partial charge on any atom is -0.475 e. The Morgan fingerprint density at radius 2 is 1.77 bits per heavy atom. The quantitative estimate of drug-likeness (QED) is 0.256. The van der Waals surface area contributed by atoms with Crippen molar-refractivity contribution in [2.45, 2.75) is 13.1 Å². The minimum atomic E-state index is -4.51. The Bertz CT molecular complexity index is 831. The second-order valence-electron chi connectivity index (χ2n) is 6.46. The summed E-state index contributed by atoms with van der Waals surface area (Å²) in [4.78, 5) is 20.9. The zero-order chi connectivity index (χ0) is 21.4. The minimum absolute atomic E-state index is 0. The van der Waals surface area contributed by atoms with E-state index in [1.165, 1.54) is 12.3 Å². The van der Waals surface area contributed by atoms with Crippen molar-refractivity contribution in [2.75, 3.05) is 50.8 Å². The average molecular weight is 551 g/mol. The normalized spacial score (nSPS) is 14.8. The molecule has 2 aromatic rings. The predicted molar refractivity (Wildman–Crippen MR) is 122 cm³/mol. The summed E-state index contributed by atoms with van der Waals surface area (Å²) in [6.07, 6.45) is 0.190. The molecule has 1 saturated heterocycles. The van der Waals surface area contributed by atoms with E-state index in [4.69, 9.17) is 4.74 Å². The summed E-state index contributed by atoms with van der Waals surface area (Å²) in [6.45, 7) is 5.78. The van der Waals surface area contributed by atoms with E-state index in [1.54, 1.807) is 18.5 Å². The number of ether oxygens (including phenoxy) is 1. The van der Waals surface area contributed by atoms with Crippen LogP contribution in [0.25, 0.3) is 0 Å². The van der Waals surface area contributed by atoms with Crippen LogP contribution in [0.3, 0.4) is 0 Å². The number of anilines is 1. The molecule has 1 aliphatic heterocycles. The van der Waals surface area contributed by atoms with Crippen molar-refractivity contribution in [3.05, 3.63) is 42.4 Å². The van der Waals surface area contributed by atoms with Gasteiger partial charge in [0.25, 0.3) is 0 Å². The number of hydrogen-bond donors (Lipinski definition) is 1. The van der Waals surface area contributed by atoms with Crippen LogP contribution in [0.5, 0.6) is 5.88 Å². The lowest BCUT2D eigenvalue weighted by molar-refractivity contribution is -0.139. The number of piperazine rings is 1. The van der Waals surface area contributed by atoms with E-state index in [2.05, 4.69) is 35.1 Å². The van der Waals surface area contributed by atoms with Crippen LogP contribution in [0.15, 0.2) is 41.8 Å². The molecule has 0 saturated carbocycles. The number of aromatic nitrogens is 3. The number of rotatable bonds is 6. The third-order valence-electron chi connectivity index (χ3n) is 4.42. The van der Waals surface area contributed by atoms with Gasteiger partial charge in [0.15, 0.2) is 5.96 Å². The molecule has 170 valence electrons. The first-order valence-corrected chi connectivity index (χ1v) is 9.69. The van der Waals surface area contributed by atoms with Gasteiger partial charge in [0.05, 0.1) is 6.54 Å². The highest BCUT2D eigenvalue weighted by molar-refractivity contribution is 14.0. The summed E-state index contributed by atoms with van der Waals surface area (Å²) >= 11 is 0. The number of alkyl halides is 3. The second-order valence-corrected chi connectivity index (χ2v) is 6.46.